The number of hydrogen-bond acceptors (Lipinski definition) is 4. The molecule has 0 saturated heterocycles. The smallest absolute Gasteiger partial charge is 0.326 e. The van der Waals surface area contributed by atoms with Crippen molar-refractivity contribution in [2.24, 2.45) is 5.73 Å². The monoisotopic (exact) mass is 319 g/mol. The molecule has 0 radical (unpaired) electrons. The average Bonchev–Trinajstić information content (AvgIpc) is 2.73. The van der Waals surface area contributed by atoms with E-state index in [-0.39, 0.29) is 0 Å². The summed E-state index contributed by atoms with van der Waals surface area (Å²) in [7, 11) is 0. The van der Waals surface area contributed by atoms with E-state index in [4.69, 9.17) is 22.4 Å². The summed E-state index contributed by atoms with van der Waals surface area (Å²) in [4.78, 5) is 34.0. The lowest BCUT2D eigenvalue weighted by Gasteiger charge is -2.13. The first-order valence-electron chi connectivity index (χ1n) is 5.68. The number of carboxylic acid groups (broad SMARTS) is 1. The fourth-order valence-electron chi connectivity index (χ4n) is 1.40. The number of carboxylic acids is 1. The summed E-state index contributed by atoms with van der Waals surface area (Å²) in [6, 6.07) is 1.61. The van der Waals surface area contributed by atoms with Crippen molar-refractivity contribution in [2.75, 3.05) is 6.54 Å². The van der Waals surface area contributed by atoms with E-state index in [1.165, 1.54) is 11.3 Å². The fourth-order valence-corrected chi connectivity index (χ4v) is 2.48. The Morgan fingerprint density at radius 3 is 2.60 bits per heavy atom. The Labute approximate surface area is 124 Å². The first-order chi connectivity index (χ1) is 9.38. The Morgan fingerprint density at radius 1 is 1.40 bits per heavy atom. The molecule has 1 aromatic rings. The molecule has 1 aromatic heterocycles. The number of halogens is 1. The maximum atomic E-state index is 11.5. The van der Waals surface area contributed by atoms with Crippen LogP contribution in [0, 0.1) is 0 Å². The standard InChI is InChI=1S/C11H14ClN3O4S/c12-8-2-1-6(20-8)3-4-14-11(19)15-7(10(17)18)5-9(13)16/h1-2,7H,3-5H2,(H2,13,16)(H,17,18)(H2,14,15,19)/t7-/m0/s1. The minimum absolute atomic E-state index is 0.325. The third-order valence-electron chi connectivity index (χ3n) is 2.29. The molecule has 0 bridgehead atoms. The van der Waals surface area contributed by atoms with Crippen LogP contribution in [0.25, 0.3) is 0 Å². The van der Waals surface area contributed by atoms with Crippen LogP contribution in [0.15, 0.2) is 12.1 Å². The van der Waals surface area contributed by atoms with E-state index >= 15 is 0 Å². The highest BCUT2D eigenvalue weighted by Gasteiger charge is 2.21. The summed E-state index contributed by atoms with van der Waals surface area (Å²) in [5.74, 6) is -2.12. The van der Waals surface area contributed by atoms with Crippen LogP contribution in [-0.2, 0) is 16.0 Å². The molecule has 7 nitrogen and oxygen atoms in total. The van der Waals surface area contributed by atoms with Crippen LogP contribution < -0.4 is 16.4 Å². The largest absolute Gasteiger partial charge is 0.480 e. The number of urea groups is 1. The number of amides is 3. The molecule has 0 unspecified atom stereocenters. The van der Waals surface area contributed by atoms with Gasteiger partial charge in [0, 0.05) is 11.4 Å². The zero-order valence-electron chi connectivity index (χ0n) is 10.4. The van der Waals surface area contributed by atoms with Crippen molar-refractivity contribution >= 4 is 40.8 Å². The van der Waals surface area contributed by atoms with Gasteiger partial charge in [0.2, 0.25) is 5.91 Å². The molecule has 1 rings (SSSR count). The Balaban J connectivity index is 2.34. The maximum absolute atomic E-state index is 11.5. The van der Waals surface area contributed by atoms with E-state index in [9.17, 15) is 14.4 Å². The number of nitrogens with two attached hydrogens (primary N) is 1. The van der Waals surface area contributed by atoms with Crippen LogP contribution in [0.4, 0.5) is 4.79 Å². The van der Waals surface area contributed by atoms with Crippen molar-refractivity contribution < 1.29 is 19.5 Å². The van der Waals surface area contributed by atoms with E-state index in [2.05, 4.69) is 10.6 Å². The van der Waals surface area contributed by atoms with Gasteiger partial charge in [-0.05, 0) is 18.6 Å². The number of hydrogen-bond donors (Lipinski definition) is 4. The van der Waals surface area contributed by atoms with Crippen LogP contribution in [-0.4, -0.2) is 35.6 Å². The molecule has 0 aromatic carbocycles. The van der Waals surface area contributed by atoms with Gasteiger partial charge in [-0.25, -0.2) is 9.59 Å². The summed E-state index contributed by atoms with van der Waals surface area (Å²) in [5, 5.41) is 13.5. The van der Waals surface area contributed by atoms with Gasteiger partial charge >= 0.3 is 12.0 Å². The highest BCUT2D eigenvalue weighted by molar-refractivity contribution is 7.16. The van der Waals surface area contributed by atoms with Gasteiger partial charge in [0.1, 0.15) is 6.04 Å². The van der Waals surface area contributed by atoms with Crippen molar-refractivity contribution in [3.63, 3.8) is 0 Å². The molecule has 110 valence electrons. The number of carbonyl (C=O) groups excluding carboxylic acids is 2. The summed E-state index contributed by atoms with van der Waals surface area (Å²) in [5.41, 5.74) is 4.90. The van der Waals surface area contributed by atoms with Gasteiger partial charge in [-0.2, -0.15) is 0 Å². The average molecular weight is 320 g/mol. The minimum atomic E-state index is -1.33. The zero-order chi connectivity index (χ0) is 15.1. The number of rotatable bonds is 7. The predicted molar refractivity (Wildman–Crippen MR) is 74.8 cm³/mol. The van der Waals surface area contributed by atoms with Gasteiger partial charge in [0.05, 0.1) is 10.8 Å². The molecule has 5 N–H and O–H groups in total. The Kier molecular flexibility index (Phi) is 6.26. The maximum Gasteiger partial charge on any atom is 0.326 e. The molecule has 0 saturated carbocycles. The first kappa shape index (κ1) is 16.3. The Hall–Kier alpha value is -1.80. The lowest BCUT2D eigenvalue weighted by atomic mass is 10.2. The first-order valence-corrected chi connectivity index (χ1v) is 6.87. The zero-order valence-corrected chi connectivity index (χ0v) is 12.0. The number of primary amides is 1. The quantitative estimate of drug-likeness (QED) is 0.587. The molecule has 0 aliphatic rings. The summed E-state index contributed by atoms with van der Waals surface area (Å²) in [6.45, 7) is 0.325. The summed E-state index contributed by atoms with van der Waals surface area (Å²) in [6.07, 6.45) is 0.127. The van der Waals surface area contributed by atoms with Crippen LogP contribution in [0.3, 0.4) is 0 Å². The third kappa shape index (κ3) is 5.89. The highest BCUT2D eigenvalue weighted by atomic mass is 35.5. The van der Waals surface area contributed by atoms with Crippen molar-refractivity contribution in [1.29, 1.82) is 0 Å². The van der Waals surface area contributed by atoms with E-state index < -0.39 is 30.4 Å². The summed E-state index contributed by atoms with van der Waals surface area (Å²) >= 11 is 7.17. The summed E-state index contributed by atoms with van der Waals surface area (Å²) < 4.78 is 0.664. The normalized spacial score (nSPS) is 11.7. The molecule has 1 heterocycles. The van der Waals surface area contributed by atoms with Crippen molar-refractivity contribution in [1.82, 2.24) is 10.6 Å². The molecule has 9 heteroatoms. The van der Waals surface area contributed by atoms with Crippen molar-refractivity contribution in [3.8, 4) is 0 Å². The molecule has 0 aliphatic carbocycles. The van der Waals surface area contributed by atoms with Crippen LogP contribution in [0.1, 0.15) is 11.3 Å². The van der Waals surface area contributed by atoms with E-state index in [0.717, 1.165) is 4.88 Å². The second kappa shape index (κ2) is 7.71. The number of nitrogens with one attached hydrogen (secondary N) is 2. The lowest BCUT2D eigenvalue weighted by Crippen LogP contribution is -2.48. The van der Waals surface area contributed by atoms with Crippen molar-refractivity contribution in [2.45, 2.75) is 18.9 Å². The van der Waals surface area contributed by atoms with E-state index in [0.29, 0.717) is 17.3 Å². The second-order valence-corrected chi connectivity index (χ2v) is 5.72. The molecular formula is C11H14ClN3O4S. The predicted octanol–water partition coefficient (Wildman–Crippen LogP) is 0.572. The Morgan fingerprint density at radius 2 is 2.10 bits per heavy atom. The van der Waals surface area contributed by atoms with Crippen LogP contribution in [0.5, 0.6) is 0 Å². The molecular weight excluding hydrogens is 306 g/mol. The van der Waals surface area contributed by atoms with Crippen LogP contribution >= 0.6 is 22.9 Å². The minimum Gasteiger partial charge on any atom is -0.480 e. The van der Waals surface area contributed by atoms with Gasteiger partial charge < -0.3 is 21.5 Å². The van der Waals surface area contributed by atoms with Gasteiger partial charge in [-0.15, -0.1) is 11.3 Å². The molecule has 0 aliphatic heterocycles. The molecule has 20 heavy (non-hydrogen) atoms. The number of carbonyl (C=O) groups is 3. The topological polar surface area (TPSA) is 122 Å². The fraction of sp³-hybridized carbons (Fsp3) is 0.364. The highest BCUT2D eigenvalue weighted by Crippen LogP contribution is 2.21. The molecule has 3 amide bonds. The third-order valence-corrected chi connectivity index (χ3v) is 3.59. The van der Waals surface area contributed by atoms with E-state index in [1.807, 2.05) is 6.07 Å². The SMILES string of the molecule is NC(=O)C[C@H](NC(=O)NCCc1ccc(Cl)s1)C(=O)O. The van der Waals surface area contributed by atoms with Crippen LogP contribution in [0.2, 0.25) is 4.34 Å². The second-order valence-electron chi connectivity index (χ2n) is 3.92. The van der Waals surface area contributed by atoms with E-state index in [1.54, 1.807) is 6.07 Å². The van der Waals surface area contributed by atoms with Gasteiger partial charge in [-0.3, -0.25) is 4.79 Å². The van der Waals surface area contributed by atoms with Gasteiger partial charge in [0.15, 0.2) is 0 Å². The Bertz CT molecular complexity index is 506. The molecule has 0 fully saturated rings. The number of thiophene rings is 1. The lowest BCUT2D eigenvalue weighted by molar-refractivity contribution is -0.140. The van der Waals surface area contributed by atoms with Gasteiger partial charge in [-0.1, -0.05) is 11.6 Å². The van der Waals surface area contributed by atoms with Crippen molar-refractivity contribution in [3.05, 3.63) is 21.3 Å². The molecule has 1 atom stereocenters. The van der Waals surface area contributed by atoms with Gasteiger partial charge in [0.25, 0.3) is 0 Å². The number of aliphatic carboxylic acids is 1. The molecule has 0 spiro atoms.